The Morgan fingerprint density at radius 1 is 1.44 bits per heavy atom. The topological polar surface area (TPSA) is 17.8 Å². The van der Waals surface area contributed by atoms with Crippen molar-refractivity contribution in [1.29, 1.82) is 0 Å². The van der Waals surface area contributed by atoms with Gasteiger partial charge in [-0.2, -0.15) is 13.2 Å². The van der Waals surface area contributed by atoms with Crippen LogP contribution in [0, 0.1) is 0 Å². The van der Waals surface area contributed by atoms with Gasteiger partial charge in [0.15, 0.2) is 0 Å². The summed E-state index contributed by atoms with van der Waals surface area (Å²) in [5, 5.41) is -0.00451. The summed E-state index contributed by atoms with van der Waals surface area (Å²) in [4.78, 5) is 4.25. The summed E-state index contributed by atoms with van der Waals surface area (Å²) in [6.07, 6.45) is -3.83. The average molecular weight is 342 g/mol. The van der Waals surface area contributed by atoms with Gasteiger partial charge in [0.1, 0.15) is 11.3 Å². The first-order valence-electron chi connectivity index (χ1n) is 5.17. The molecule has 2 nitrogen and oxygen atoms in total. The van der Waals surface area contributed by atoms with Gasteiger partial charge in [-0.3, -0.25) is 0 Å². The molecular formula is C11H9BrClF3N2. The van der Waals surface area contributed by atoms with Crippen LogP contribution >= 0.6 is 27.5 Å². The molecule has 0 spiro atoms. The normalized spacial score (nSPS) is 12.4. The van der Waals surface area contributed by atoms with Crippen LogP contribution in [0.4, 0.5) is 13.2 Å². The van der Waals surface area contributed by atoms with Crippen LogP contribution in [0.1, 0.15) is 18.3 Å². The van der Waals surface area contributed by atoms with Crippen molar-refractivity contribution in [2.24, 2.45) is 7.05 Å². The number of benzene rings is 1. The third-order valence-corrected chi connectivity index (χ3v) is 4.19. The molecule has 18 heavy (non-hydrogen) atoms. The van der Waals surface area contributed by atoms with Gasteiger partial charge in [-0.25, -0.2) is 4.98 Å². The molecule has 98 valence electrons. The Kier molecular flexibility index (Phi) is 3.36. The second kappa shape index (κ2) is 4.42. The molecule has 0 fully saturated rings. The number of aryl methyl sites for hydroxylation is 2. The standard InChI is InChI=1S/C11H9BrClF3N2/c1-3-7-17-10-6(18(7)2)4-5(11(14,15)16)8(12)9(10)13/h4H,3H2,1-2H3. The third-order valence-electron chi connectivity index (χ3n) is 2.77. The number of alkyl halides is 3. The lowest BCUT2D eigenvalue weighted by atomic mass is 10.2. The quantitative estimate of drug-likeness (QED) is 0.743. The predicted molar refractivity (Wildman–Crippen MR) is 67.8 cm³/mol. The van der Waals surface area contributed by atoms with Gasteiger partial charge in [0.25, 0.3) is 0 Å². The van der Waals surface area contributed by atoms with Crippen LogP contribution in [-0.4, -0.2) is 9.55 Å². The molecule has 0 amide bonds. The second-order valence-corrected chi connectivity index (χ2v) is 5.03. The molecule has 0 saturated heterocycles. The Morgan fingerprint density at radius 2 is 2.06 bits per heavy atom. The SMILES string of the molecule is CCc1nc2c(Cl)c(Br)c(C(F)(F)F)cc2n1C. The van der Waals surface area contributed by atoms with Gasteiger partial charge in [0.05, 0.1) is 20.6 Å². The smallest absolute Gasteiger partial charge is 0.331 e. The number of hydrogen-bond acceptors (Lipinski definition) is 1. The van der Waals surface area contributed by atoms with Crippen molar-refractivity contribution in [3.05, 3.63) is 26.9 Å². The minimum absolute atomic E-state index is 0.00451. The minimum atomic E-state index is -4.45. The molecule has 1 aromatic heterocycles. The van der Waals surface area contributed by atoms with Gasteiger partial charge in [0, 0.05) is 13.5 Å². The fourth-order valence-electron chi connectivity index (χ4n) is 1.83. The molecule has 2 aromatic rings. The van der Waals surface area contributed by atoms with Crippen LogP contribution in [0.5, 0.6) is 0 Å². The summed E-state index contributed by atoms with van der Waals surface area (Å²) in [5.41, 5.74) is -0.0195. The molecule has 1 heterocycles. The van der Waals surface area contributed by atoms with Crippen molar-refractivity contribution < 1.29 is 13.2 Å². The maximum atomic E-state index is 12.9. The van der Waals surface area contributed by atoms with E-state index in [2.05, 4.69) is 20.9 Å². The van der Waals surface area contributed by atoms with Gasteiger partial charge in [-0.15, -0.1) is 0 Å². The number of fused-ring (bicyclic) bond motifs is 1. The van der Waals surface area contributed by atoms with E-state index in [-0.39, 0.29) is 9.50 Å². The predicted octanol–water partition coefficient (Wildman–Crippen LogP) is 4.57. The number of halogens is 5. The Morgan fingerprint density at radius 3 is 2.56 bits per heavy atom. The van der Waals surface area contributed by atoms with E-state index < -0.39 is 11.7 Å². The number of aromatic nitrogens is 2. The summed E-state index contributed by atoms with van der Waals surface area (Å²) in [7, 11) is 1.68. The highest BCUT2D eigenvalue weighted by molar-refractivity contribution is 9.10. The summed E-state index contributed by atoms with van der Waals surface area (Å²) in [6.45, 7) is 1.88. The highest BCUT2D eigenvalue weighted by Gasteiger charge is 2.35. The molecule has 2 rings (SSSR count). The van der Waals surface area contributed by atoms with Crippen molar-refractivity contribution >= 4 is 38.6 Å². The van der Waals surface area contributed by atoms with Crippen molar-refractivity contribution in [2.45, 2.75) is 19.5 Å². The molecule has 0 aliphatic heterocycles. The van der Waals surface area contributed by atoms with E-state index in [1.54, 1.807) is 11.6 Å². The van der Waals surface area contributed by atoms with E-state index in [1.165, 1.54) is 0 Å². The van der Waals surface area contributed by atoms with Crippen molar-refractivity contribution in [3.63, 3.8) is 0 Å². The van der Waals surface area contributed by atoms with Crippen LogP contribution in [0.15, 0.2) is 10.5 Å². The molecule has 0 unspecified atom stereocenters. The van der Waals surface area contributed by atoms with E-state index in [0.717, 1.165) is 6.07 Å². The van der Waals surface area contributed by atoms with E-state index >= 15 is 0 Å². The molecule has 1 aromatic carbocycles. The second-order valence-electron chi connectivity index (χ2n) is 3.86. The first-order chi connectivity index (χ1) is 8.27. The van der Waals surface area contributed by atoms with Crippen LogP contribution in [0.25, 0.3) is 11.0 Å². The third kappa shape index (κ3) is 2.01. The lowest BCUT2D eigenvalue weighted by Crippen LogP contribution is -2.07. The van der Waals surface area contributed by atoms with Gasteiger partial charge < -0.3 is 4.57 Å². The molecular weight excluding hydrogens is 332 g/mol. The van der Waals surface area contributed by atoms with E-state index in [9.17, 15) is 13.2 Å². The fourth-order valence-corrected chi connectivity index (χ4v) is 2.60. The molecule has 0 N–H and O–H groups in total. The number of hydrogen-bond donors (Lipinski definition) is 0. The highest BCUT2D eigenvalue weighted by atomic mass is 79.9. The molecule has 0 aliphatic carbocycles. The Balaban J connectivity index is 2.87. The van der Waals surface area contributed by atoms with E-state index in [4.69, 9.17) is 11.6 Å². The van der Waals surface area contributed by atoms with Gasteiger partial charge in [0.2, 0.25) is 0 Å². The maximum Gasteiger partial charge on any atom is 0.417 e. The number of imidazole rings is 1. The zero-order chi connectivity index (χ0) is 13.7. The molecule has 0 bridgehead atoms. The largest absolute Gasteiger partial charge is 0.417 e. The Labute approximate surface area is 115 Å². The molecule has 0 atom stereocenters. The van der Waals surface area contributed by atoms with E-state index in [1.807, 2.05) is 6.92 Å². The molecule has 0 saturated carbocycles. The van der Waals surface area contributed by atoms with Gasteiger partial charge in [-0.1, -0.05) is 18.5 Å². The van der Waals surface area contributed by atoms with E-state index in [0.29, 0.717) is 23.3 Å². The lowest BCUT2D eigenvalue weighted by Gasteiger charge is -2.11. The monoisotopic (exact) mass is 340 g/mol. The zero-order valence-electron chi connectivity index (χ0n) is 9.57. The first kappa shape index (κ1) is 13.7. The summed E-state index contributed by atoms with van der Waals surface area (Å²) in [6, 6.07) is 1.07. The van der Waals surface area contributed by atoms with Crippen molar-refractivity contribution in [1.82, 2.24) is 9.55 Å². The molecule has 7 heteroatoms. The first-order valence-corrected chi connectivity index (χ1v) is 6.35. The fraction of sp³-hybridized carbons (Fsp3) is 0.364. The lowest BCUT2D eigenvalue weighted by molar-refractivity contribution is -0.138. The average Bonchev–Trinajstić information content (AvgIpc) is 2.59. The summed E-state index contributed by atoms with van der Waals surface area (Å²) < 4.78 is 40.0. The van der Waals surface area contributed by atoms with Crippen molar-refractivity contribution in [2.75, 3.05) is 0 Å². The van der Waals surface area contributed by atoms with Crippen LogP contribution in [0.2, 0.25) is 5.02 Å². The number of rotatable bonds is 1. The van der Waals surface area contributed by atoms with Crippen molar-refractivity contribution in [3.8, 4) is 0 Å². The summed E-state index contributed by atoms with van der Waals surface area (Å²) in [5.74, 6) is 0.693. The van der Waals surface area contributed by atoms with Crippen LogP contribution in [0.3, 0.4) is 0 Å². The van der Waals surface area contributed by atoms with Gasteiger partial charge in [-0.05, 0) is 22.0 Å². The highest BCUT2D eigenvalue weighted by Crippen LogP contribution is 2.42. The maximum absolute atomic E-state index is 12.9. The summed E-state index contributed by atoms with van der Waals surface area (Å²) >= 11 is 8.85. The van der Waals surface area contributed by atoms with Crippen LogP contribution in [-0.2, 0) is 19.6 Å². The number of nitrogens with zero attached hydrogens (tertiary/aromatic N) is 2. The van der Waals surface area contributed by atoms with Crippen LogP contribution < -0.4 is 0 Å². The van der Waals surface area contributed by atoms with Gasteiger partial charge >= 0.3 is 6.18 Å². The Bertz CT molecular complexity index is 619. The minimum Gasteiger partial charge on any atom is -0.331 e. The Hall–Kier alpha value is -0.750. The zero-order valence-corrected chi connectivity index (χ0v) is 11.9. The molecule has 0 aliphatic rings. The molecule has 0 radical (unpaired) electrons.